The average Bonchev–Trinajstić information content (AvgIpc) is 2.87. The van der Waals surface area contributed by atoms with Gasteiger partial charge in [0, 0.05) is 57.7 Å². The van der Waals surface area contributed by atoms with Crippen LogP contribution >= 0.6 is 0 Å². The largest absolute Gasteiger partial charge is 0.383 e. The molecular formula is C16H25N3O2. The number of fused-ring (bicyclic) bond motifs is 1. The third-order valence-corrected chi connectivity index (χ3v) is 3.41. The lowest BCUT2D eigenvalue weighted by atomic mass is 10.2. The van der Waals surface area contributed by atoms with Gasteiger partial charge in [0.25, 0.3) is 0 Å². The SMILES string of the molecule is CCOCCCn1cc(CNCCOC)c2cccnc21. The maximum absolute atomic E-state index is 5.41. The van der Waals surface area contributed by atoms with Crippen molar-refractivity contribution in [3.63, 3.8) is 0 Å². The Bertz CT molecular complexity index is 493. The summed E-state index contributed by atoms with van der Waals surface area (Å²) in [5, 5.41) is 4.61. The quantitative estimate of drug-likeness (QED) is 0.682. The number of nitrogens with zero attached hydrogens (tertiary/aromatic N) is 2. The van der Waals surface area contributed by atoms with Crippen LogP contribution in [-0.2, 0) is 22.6 Å². The fourth-order valence-corrected chi connectivity index (χ4v) is 2.39. The van der Waals surface area contributed by atoms with E-state index in [1.165, 1.54) is 10.9 Å². The van der Waals surface area contributed by atoms with Crippen molar-refractivity contribution in [2.24, 2.45) is 0 Å². The van der Waals surface area contributed by atoms with Gasteiger partial charge in [-0.15, -0.1) is 0 Å². The molecule has 0 aliphatic heterocycles. The van der Waals surface area contributed by atoms with Crippen molar-refractivity contribution in [3.05, 3.63) is 30.1 Å². The Kier molecular flexibility index (Phi) is 6.66. The molecule has 0 unspecified atom stereocenters. The van der Waals surface area contributed by atoms with Gasteiger partial charge in [0.2, 0.25) is 0 Å². The summed E-state index contributed by atoms with van der Waals surface area (Å²) in [6.45, 7) is 6.95. The molecular weight excluding hydrogens is 266 g/mol. The first-order valence-electron chi connectivity index (χ1n) is 7.57. The van der Waals surface area contributed by atoms with Crippen molar-refractivity contribution < 1.29 is 9.47 Å². The molecule has 1 N–H and O–H groups in total. The van der Waals surface area contributed by atoms with Crippen molar-refractivity contribution in [1.82, 2.24) is 14.9 Å². The third kappa shape index (κ3) is 4.52. The molecule has 0 amide bonds. The van der Waals surface area contributed by atoms with E-state index in [4.69, 9.17) is 9.47 Å². The van der Waals surface area contributed by atoms with Crippen molar-refractivity contribution in [2.45, 2.75) is 26.4 Å². The highest BCUT2D eigenvalue weighted by atomic mass is 16.5. The molecule has 5 nitrogen and oxygen atoms in total. The number of methoxy groups -OCH3 is 1. The lowest BCUT2D eigenvalue weighted by molar-refractivity contribution is 0.142. The van der Waals surface area contributed by atoms with E-state index >= 15 is 0 Å². The van der Waals surface area contributed by atoms with E-state index in [2.05, 4.69) is 27.1 Å². The summed E-state index contributed by atoms with van der Waals surface area (Å²) < 4.78 is 12.7. The van der Waals surface area contributed by atoms with Gasteiger partial charge in [0.05, 0.1) is 6.61 Å². The topological polar surface area (TPSA) is 48.3 Å². The van der Waals surface area contributed by atoms with Gasteiger partial charge in [-0.25, -0.2) is 4.98 Å². The minimum atomic E-state index is 0.727. The number of nitrogens with one attached hydrogen (secondary N) is 1. The molecule has 21 heavy (non-hydrogen) atoms. The van der Waals surface area contributed by atoms with E-state index in [0.29, 0.717) is 0 Å². The van der Waals surface area contributed by atoms with E-state index in [1.54, 1.807) is 7.11 Å². The second-order valence-corrected chi connectivity index (χ2v) is 4.94. The summed E-state index contributed by atoms with van der Waals surface area (Å²) >= 11 is 0. The van der Waals surface area contributed by atoms with Crippen LogP contribution in [0.5, 0.6) is 0 Å². The normalized spacial score (nSPS) is 11.3. The standard InChI is InChI=1S/C16H25N3O2/c1-3-21-10-5-9-19-13-14(12-17-8-11-20-2)15-6-4-7-18-16(15)19/h4,6-7,13,17H,3,5,8-12H2,1-2H3. The summed E-state index contributed by atoms with van der Waals surface area (Å²) in [5.74, 6) is 0. The zero-order valence-electron chi connectivity index (χ0n) is 13.0. The fraction of sp³-hybridized carbons (Fsp3) is 0.562. The lowest BCUT2D eigenvalue weighted by Crippen LogP contribution is -2.18. The molecule has 0 bridgehead atoms. The van der Waals surface area contributed by atoms with Crippen LogP contribution in [0.1, 0.15) is 18.9 Å². The summed E-state index contributed by atoms with van der Waals surface area (Å²) in [5.41, 5.74) is 2.34. The molecule has 0 aliphatic rings. The highest BCUT2D eigenvalue weighted by molar-refractivity contribution is 5.80. The molecule has 2 aromatic rings. The van der Waals surface area contributed by atoms with Gasteiger partial charge in [0.1, 0.15) is 5.65 Å². The van der Waals surface area contributed by atoms with Gasteiger partial charge in [-0.3, -0.25) is 0 Å². The van der Waals surface area contributed by atoms with Crippen LogP contribution in [0.25, 0.3) is 11.0 Å². The molecule has 0 aliphatic carbocycles. The predicted octanol–water partition coefficient (Wildman–Crippen LogP) is 2.20. The minimum Gasteiger partial charge on any atom is -0.383 e. The Morgan fingerprint density at radius 1 is 1.33 bits per heavy atom. The van der Waals surface area contributed by atoms with Crippen LogP contribution in [0.15, 0.2) is 24.5 Å². The molecule has 0 spiro atoms. The summed E-state index contributed by atoms with van der Waals surface area (Å²) in [4.78, 5) is 4.51. The monoisotopic (exact) mass is 291 g/mol. The molecule has 5 heteroatoms. The fourth-order valence-electron chi connectivity index (χ4n) is 2.39. The first-order valence-corrected chi connectivity index (χ1v) is 7.57. The van der Waals surface area contributed by atoms with Gasteiger partial charge >= 0.3 is 0 Å². The van der Waals surface area contributed by atoms with Gasteiger partial charge in [-0.05, 0) is 31.0 Å². The number of hydrogen-bond acceptors (Lipinski definition) is 4. The van der Waals surface area contributed by atoms with Crippen molar-refractivity contribution in [1.29, 1.82) is 0 Å². The van der Waals surface area contributed by atoms with Crippen LogP contribution in [0, 0.1) is 0 Å². The molecule has 0 radical (unpaired) electrons. The van der Waals surface area contributed by atoms with Crippen molar-refractivity contribution >= 4 is 11.0 Å². The van der Waals surface area contributed by atoms with Crippen LogP contribution in [-0.4, -0.2) is 43.0 Å². The zero-order chi connectivity index (χ0) is 14.9. The summed E-state index contributed by atoms with van der Waals surface area (Å²) in [6.07, 6.45) is 5.05. The second-order valence-electron chi connectivity index (χ2n) is 4.94. The molecule has 2 aromatic heterocycles. The third-order valence-electron chi connectivity index (χ3n) is 3.41. The van der Waals surface area contributed by atoms with Crippen LogP contribution < -0.4 is 5.32 Å². The zero-order valence-corrected chi connectivity index (χ0v) is 13.0. The van der Waals surface area contributed by atoms with Gasteiger partial charge in [-0.1, -0.05) is 0 Å². The van der Waals surface area contributed by atoms with E-state index in [9.17, 15) is 0 Å². The van der Waals surface area contributed by atoms with E-state index in [-0.39, 0.29) is 0 Å². The number of ether oxygens (including phenoxy) is 2. The Morgan fingerprint density at radius 2 is 2.24 bits per heavy atom. The Labute approximate surface area is 126 Å². The van der Waals surface area contributed by atoms with Gasteiger partial charge in [-0.2, -0.15) is 0 Å². The van der Waals surface area contributed by atoms with Gasteiger partial charge < -0.3 is 19.4 Å². The smallest absolute Gasteiger partial charge is 0.140 e. The highest BCUT2D eigenvalue weighted by Crippen LogP contribution is 2.19. The number of aromatic nitrogens is 2. The second kappa shape index (κ2) is 8.77. The molecule has 0 fully saturated rings. The van der Waals surface area contributed by atoms with Crippen molar-refractivity contribution in [3.8, 4) is 0 Å². The predicted molar refractivity (Wildman–Crippen MR) is 84.4 cm³/mol. The van der Waals surface area contributed by atoms with Crippen LogP contribution in [0.4, 0.5) is 0 Å². The number of hydrogen-bond donors (Lipinski definition) is 1. The maximum Gasteiger partial charge on any atom is 0.140 e. The van der Waals surface area contributed by atoms with E-state index in [1.807, 2.05) is 19.2 Å². The Balaban J connectivity index is 2.03. The van der Waals surface area contributed by atoms with E-state index < -0.39 is 0 Å². The average molecular weight is 291 g/mol. The van der Waals surface area contributed by atoms with Crippen LogP contribution in [0.3, 0.4) is 0 Å². The Hall–Kier alpha value is -1.43. The van der Waals surface area contributed by atoms with E-state index in [0.717, 1.165) is 51.5 Å². The maximum atomic E-state index is 5.41. The molecule has 2 rings (SSSR count). The summed E-state index contributed by atoms with van der Waals surface area (Å²) in [7, 11) is 1.72. The highest BCUT2D eigenvalue weighted by Gasteiger charge is 2.08. The molecule has 2 heterocycles. The summed E-state index contributed by atoms with van der Waals surface area (Å²) in [6, 6.07) is 4.13. The lowest BCUT2D eigenvalue weighted by Gasteiger charge is -2.04. The molecule has 0 saturated heterocycles. The van der Waals surface area contributed by atoms with Gasteiger partial charge in [0.15, 0.2) is 0 Å². The molecule has 116 valence electrons. The molecule has 0 aromatic carbocycles. The van der Waals surface area contributed by atoms with Crippen molar-refractivity contribution in [2.75, 3.05) is 33.5 Å². The first-order chi connectivity index (χ1) is 10.4. The number of aryl methyl sites for hydroxylation is 1. The van der Waals surface area contributed by atoms with Crippen LogP contribution in [0.2, 0.25) is 0 Å². The first kappa shape index (κ1) is 15.9. The number of pyridine rings is 1. The minimum absolute atomic E-state index is 0.727. The molecule has 0 saturated carbocycles. The molecule has 0 atom stereocenters. The Morgan fingerprint density at radius 3 is 3.05 bits per heavy atom. The number of rotatable bonds is 10.